The Kier molecular flexibility index (Phi) is 10.8. The second-order valence-electron chi connectivity index (χ2n) is 16.7. The molecule has 1 fully saturated rings. The Balaban J connectivity index is 1.47. The Bertz CT molecular complexity index is 1520. The van der Waals surface area contributed by atoms with E-state index in [0.29, 0.717) is 13.1 Å². The molecule has 0 aromatic heterocycles. The van der Waals surface area contributed by atoms with Crippen molar-refractivity contribution in [1.29, 1.82) is 0 Å². The Morgan fingerprint density at radius 1 is 0.745 bits per heavy atom. The number of benzene rings is 2. The van der Waals surface area contributed by atoms with Gasteiger partial charge in [0, 0.05) is 36.4 Å². The Labute approximate surface area is 291 Å². The molecule has 0 aliphatic carbocycles. The summed E-state index contributed by atoms with van der Waals surface area (Å²) in [5.74, 6) is 3.23. The molecule has 7 nitrogen and oxygen atoms in total. The van der Waals surface area contributed by atoms with Crippen LogP contribution in [0.5, 0.6) is 11.5 Å². The van der Waals surface area contributed by atoms with Crippen LogP contribution in [0.1, 0.15) is 115 Å². The maximum Gasteiger partial charge on any atom is 0.881 e. The molecule has 47 heavy (non-hydrogen) atoms. The van der Waals surface area contributed by atoms with E-state index < -0.39 is 15.9 Å². The fourth-order valence-electron chi connectivity index (χ4n) is 6.82. The zero-order chi connectivity index (χ0) is 34.0. The minimum absolute atomic E-state index is 0.00574. The summed E-state index contributed by atoms with van der Waals surface area (Å²) in [6, 6.07) is 9.21. The zero-order valence-corrected chi connectivity index (χ0v) is 32.0. The zero-order valence-electron chi connectivity index (χ0n) is 30.9. The van der Waals surface area contributed by atoms with Gasteiger partial charge in [-0.2, -0.15) is 0 Å². The molecule has 3 aliphatic heterocycles. The monoisotopic (exact) mass is 655 g/mol. The van der Waals surface area contributed by atoms with E-state index in [9.17, 15) is 0 Å². The van der Waals surface area contributed by atoms with Crippen LogP contribution in [0, 0.1) is 0 Å². The molecule has 2 aromatic rings. The van der Waals surface area contributed by atoms with Crippen LogP contribution >= 0.6 is 0 Å². The molecule has 1 radical (unpaired) electrons. The van der Waals surface area contributed by atoms with Gasteiger partial charge in [0.05, 0.1) is 64.4 Å². The van der Waals surface area contributed by atoms with E-state index in [0.717, 1.165) is 55.1 Å². The fraction of sp³-hybridized carbons (Fsp3) is 0.615. The smallest absolute Gasteiger partial charge is 0.615 e. The van der Waals surface area contributed by atoms with Gasteiger partial charge in [0.2, 0.25) is 0 Å². The van der Waals surface area contributed by atoms with Gasteiger partial charge in [0.25, 0.3) is 0 Å². The van der Waals surface area contributed by atoms with Crippen LogP contribution in [-0.2, 0) is 22.7 Å². The molecule has 0 spiro atoms. The van der Waals surface area contributed by atoms with Crippen LogP contribution in [0.15, 0.2) is 34.3 Å². The third kappa shape index (κ3) is 8.62. The minimum atomic E-state index is -0.824. The summed E-state index contributed by atoms with van der Waals surface area (Å²) in [6.07, 6.45) is 8.45. The molecule has 0 atom stereocenters. The summed E-state index contributed by atoms with van der Waals surface area (Å²) in [7, 11) is 2.25. The lowest BCUT2D eigenvalue weighted by atomic mass is 9.79. The number of rotatable bonds is 4. The van der Waals surface area contributed by atoms with Crippen molar-refractivity contribution in [2.45, 2.75) is 104 Å². The average molecular weight is 656 g/mol. The molecule has 253 valence electrons. The van der Waals surface area contributed by atoms with Crippen molar-refractivity contribution >= 4 is 34.3 Å². The van der Waals surface area contributed by atoms with E-state index in [1.54, 1.807) is 0 Å². The van der Waals surface area contributed by atoms with Crippen molar-refractivity contribution in [2.24, 2.45) is 9.98 Å². The molecular formula is C39H58AlN5O2+. The van der Waals surface area contributed by atoms with E-state index in [1.165, 1.54) is 54.1 Å². The van der Waals surface area contributed by atoms with E-state index in [2.05, 4.69) is 108 Å². The average Bonchev–Trinajstić information content (AvgIpc) is 3.00. The van der Waals surface area contributed by atoms with Crippen LogP contribution in [0.2, 0.25) is 0 Å². The first-order valence-electron chi connectivity index (χ1n) is 17.7. The first-order valence-corrected chi connectivity index (χ1v) is 18.7. The van der Waals surface area contributed by atoms with Crippen molar-refractivity contribution in [3.63, 3.8) is 0 Å². The first kappa shape index (κ1) is 35.5. The number of aryl methyl sites for hydroxylation is 1. The van der Waals surface area contributed by atoms with Crippen LogP contribution in [0.25, 0.3) is 0 Å². The highest BCUT2D eigenvalue weighted by Gasteiger charge is 2.34. The van der Waals surface area contributed by atoms with Crippen molar-refractivity contribution in [3.05, 3.63) is 57.6 Å². The summed E-state index contributed by atoms with van der Waals surface area (Å²) in [5.41, 5.74) is 7.00. The highest BCUT2D eigenvalue weighted by atomic mass is 27.2. The summed E-state index contributed by atoms with van der Waals surface area (Å²) >= 11 is -0.824. The van der Waals surface area contributed by atoms with Gasteiger partial charge in [-0.15, -0.1) is 0 Å². The lowest BCUT2D eigenvalue weighted by Crippen LogP contribution is -2.57. The van der Waals surface area contributed by atoms with E-state index in [1.807, 2.05) is 12.4 Å². The molecule has 0 saturated carbocycles. The third-order valence-corrected chi connectivity index (χ3v) is 10.2. The maximum atomic E-state index is 6.76. The maximum absolute atomic E-state index is 6.76. The number of hydrogen-bond donors (Lipinski definition) is 0. The highest BCUT2D eigenvalue weighted by molar-refractivity contribution is 6.21. The van der Waals surface area contributed by atoms with Crippen LogP contribution in [0.3, 0.4) is 0 Å². The highest BCUT2D eigenvalue weighted by Crippen LogP contribution is 2.38. The predicted molar refractivity (Wildman–Crippen MR) is 198 cm³/mol. The molecule has 1 saturated heterocycles. The SMILES string of the molecule is C[N+]1=C2N(CCCc3cc(C(C)(C)C)cc4c3[O][Al][O]c3c(cc(C(C)(C)C)cc3C(C)(C)C)C=NCCN=C4)CCCN2CCC1. The van der Waals surface area contributed by atoms with E-state index >= 15 is 0 Å². The molecule has 5 rings (SSSR count). The van der Waals surface area contributed by atoms with E-state index in [-0.39, 0.29) is 16.2 Å². The van der Waals surface area contributed by atoms with Gasteiger partial charge in [-0.3, -0.25) is 24.4 Å². The van der Waals surface area contributed by atoms with Crippen LogP contribution < -0.4 is 7.58 Å². The number of aliphatic imine (C=N–C) groups is 2. The summed E-state index contributed by atoms with van der Waals surface area (Å²) < 4.78 is 15.9. The summed E-state index contributed by atoms with van der Waals surface area (Å²) in [5, 5.41) is 0. The lowest BCUT2D eigenvalue weighted by molar-refractivity contribution is -0.515. The van der Waals surface area contributed by atoms with Crippen molar-refractivity contribution in [2.75, 3.05) is 52.9 Å². The topological polar surface area (TPSA) is 52.7 Å². The van der Waals surface area contributed by atoms with Gasteiger partial charge in [0.15, 0.2) is 0 Å². The quantitative estimate of drug-likeness (QED) is 0.270. The third-order valence-electron chi connectivity index (χ3n) is 9.56. The Morgan fingerprint density at radius 2 is 1.34 bits per heavy atom. The standard InChI is InChI=1S/C39H59N5O2.Al/c1-37(2,3)31-22-28(14-11-18-43-20-13-21-44-19-12-17-42(10)36(43)44)34(45)29(23-31)26-40-15-16-41-27-30-24-32(38(4,5)6)25-33(35(30)46)39(7,8)9;/h22-27H,11-21H2,1-10H3,(H-,40,41,45,46);/q;+2/p-1. The van der Waals surface area contributed by atoms with Gasteiger partial charge in [-0.1, -0.05) is 74.4 Å². The van der Waals surface area contributed by atoms with E-state index in [4.69, 9.17) is 17.6 Å². The molecule has 0 N–H and O–H groups in total. The fourth-order valence-corrected chi connectivity index (χ4v) is 7.61. The lowest BCUT2D eigenvalue weighted by Gasteiger charge is -2.36. The molecule has 0 unspecified atom stereocenters. The van der Waals surface area contributed by atoms with Gasteiger partial charge in [-0.25, -0.2) is 0 Å². The molecule has 8 heteroatoms. The van der Waals surface area contributed by atoms with Gasteiger partial charge in [-0.05, 0) is 63.5 Å². The van der Waals surface area contributed by atoms with Crippen LogP contribution in [-0.4, -0.2) is 102 Å². The van der Waals surface area contributed by atoms with Gasteiger partial charge < -0.3 is 7.58 Å². The number of nitrogens with zero attached hydrogens (tertiary/aromatic N) is 5. The van der Waals surface area contributed by atoms with Crippen molar-refractivity contribution < 1.29 is 12.2 Å². The number of hydrogen-bond acceptors (Lipinski definition) is 6. The van der Waals surface area contributed by atoms with Gasteiger partial charge in [0.1, 0.15) is 0 Å². The van der Waals surface area contributed by atoms with Crippen molar-refractivity contribution in [3.8, 4) is 11.5 Å². The molecule has 0 amide bonds. The first-order chi connectivity index (χ1) is 22.1. The Morgan fingerprint density at radius 3 is 1.98 bits per heavy atom. The second kappa shape index (κ2) is 14.3. The van der Waals surface area contributed by atoms with Crippen LogP contribution in [0.4, 0.5) is 0 Å². The normalized spacial score (nSPS) is 17.7. The Hall–Kier alpha value is -2.82. The largest absolute Gasteiger partial charge is 0.881 e. The molecule has 2 aromatic carbocycles. The molecule has 3 heterocycles. The summed E-state index contributed by atoms with van der Waals surface area (Å²) in [4.78, 5) is 14.8. The summed E-state index contributed by atoms with van der Waals surface area (Å²) in [6.45, 7) is 27.3. The second-order valence-corrected chi connectivity index (χ2v) is 17.3. The van der Waals surface area contributed by atoms with Crippen molar-refractivity contribution in [1.82, 2.24) is 9.80 Å². The number of guanidine groups is 1. The molecule has 0 bridgehead atoms. The molecule has 3 aliphatic rings. The predicted octanol–water partition coefficient (Wildman–Crippen LogP) is 6.76. The minimum Gasteiger partial charge on any atom is -0.615 e. The molecular weight excluding hydrogens is 597 g/mol. The van der Waals surface area contributed by atoms with Gasteiger partial charge >= 0.3 is 21.8 Å². The number of fused-ring (bicyclic) bond motifs is 3.